The monoisotopic (exact) mass is 249 g/mol. The molecule has 4 nitrogen and oxygen atoms in total. The van der Waals surface area contributed by atoms with E-state index in [1.807, 2.05) is 32.0 Å². The van der Waals surface area contributed by atoms with E-state index in [1.54, 1.807) is 0 Å². The van der Waals surface area contributed by atoms with Crippen LogP contribution >= 0.6 is 0 Å². The maximum Gasteiger partial charge on any atom is 0.279 e. The number of ether oxygens (including phenoxy) is 1. The average molecular weight is 249 g/mol. The lowest BCUT2D eigenvalue weighted by Gasteiger charge is -2.23. The Balaban J connectivity index is 1.94. The highest BCUT2D eigenvalue weighted by Crippen LogP contribution is 2.18. The summed E-state index contributed by atoms with van der Waals surface area (Å²) in [6.45, 7) is 7.91. The second-order valence-electron chi connectivity index (χ2n) is 4.85. The Morgan fingerprint density at radius 3 is 2.50 bits per heavy atom. The number of morpholine rings is 1. The van der Waals surface area contributed by atoms with E-state index in [1.165, 1.54) is 4.90 Å². The average Bonchev–Trinajstić information content (AvgIpc) is 2.35. The molecule has 0 bridgehead atoms. The maximum atomic E-state index is 12.0. The van der Waals surface area contributed by atoms with Gasteiger partial charge in [0.2, 0.25) is 0 Å². The van der Waals surface area contributed by atoms with Gasteiger partial charge in [0.15, 0.2) is 6.54 Å². The molecule has 0 atom stereocenters. The van der Waals surface area contributed by atoms with Crippen molar-refractivity contribution in [3.8, 4) is 0 Å². The van der Waals surface area contributed by atoms with Gasteiger partial charge in [0, 0.05) is 5.69 Å². The molecular formula is C14H21N2O2+. The molecule has 0 unspecified atom stereocenters. The highest BCUT2D eigenvalue weighted by molar-refractivity contribution is 5.93. The number of benzene rings is 1. The van der Waals surface area contributed by atoms with E-state index in [0.29, 0.717) is 6.54 Å². The number of nitrogens with one attached hydrogen (secondary N) is 2. The zero-order valence-electron chi connectivity index (χ0n) is 11.1. The Morgan fingerprint density at radius 1 is 1.28 bits per heavy atom. The molecule has 0 radical (unpaired) electrons. The number of carbonyl (C=O) groups excluding carboxylic acids is 1. The molecule has 2 N–H and O–H groups in total. The minimum absolute atomic E-state index is 0.0873. The van der Waals surface area contributed by atoms with Crippen molar-refractivity contribution in [3.05, 3.63) is 29.3 Å². The van der Waals surface area contributed by atoms with Gasteiger partial charge < -0.3 is 15.0 Å². The summed E-state index contributed by atoms with van der Waals surface area (Å²) in [5.41, 5.74) is 3.18. The summed E-state index contributed by atoms with van der Waals surface area (Å²) < 4.78 is 5.29. The normalized spacial score (nSPS) is 16.6. The lowest BCUT2D eigenvalue weighted by molar-refractivity contribution is -0.899. The minimum Gasteiger partial charge on any atom is -0.370 e. The zero-order chi connectivity index (χ0) is 13.0. The van der Waals surface area contributed by atoms with Crippen molar-refractivity contribution < 1.29 is 14.4 Å². The second kappa shape index (κ2) is 5.98. The molecule has 0 spiro atoms. The highest BCUT2D eigenvalue weighted by Gasteiger charge is 2.18. The summed E-state index contributed by atoms with van der Waals surface area (Å²) in [6, 6.07) is 6.04. The summed E-state index contributed by atoms with van der Waals surface area (Å²) in [4.78, 5) is 13.3. The number of carbonyl (C=O) groups is 1. The maximum absolute atomic E-state index is 12.0. The Labute approximate surface area is 108 Å². The van der Waals surface area contributed by atoms with Crippen LogP contribution in [-0.2, 0) is 9.53 Å². The molecule has 2 rings (SSSR count). The summed E-state index contributed by atoms with van der Waals surface area (Å²) in [5.74, 6) is 0.0873. The van der Waals surface area contributed by atoms with Crippen molar-refractivity contribution in [1.82, 2.24) is 0 Å². The molecule has 1 saturated heterocycles. The molecule has 1 fully saturated rings. The Bertz CT molecular complexity index is 406. The summed E-state index contributed by atoms with van der Waals surface area (Å²) >= 11 is 0. The number of amides is 1. The van der Waals surface area contributed by atoms with Crippen LogP contribution in [-0.4, -0.2) is 38.8 Å². The van der Waals surface area contributed by atoms with Crippen molar-refractivity contribution >= 4 is 11.6 Å². The van der Waals surface area contributed by atoms with Gasteiger partial charge in [0.05, 0.1) is 13.2 Å². The molecule has 1 aliphatic rings. The molecule has 1 aromatic carbocycles. The van der Waals surface area contributed by atoms with E-state index in [2.05, 4.69) is 5.32 Å². The fraction of sp³-hybridized carbons (Fsp3) is 0.500. The Kier molecular flexibility index (Phi) is 4.33. The molecule has 4 heteroatoms. The smallest absolute Gasteiger partial charge is 0.279 e. The van der Waals surface area contributed by atoms with E-state index in [9.17, 15) is 4.79 Å². The van der Waals surface area contributed by atoms with Gasteiger partial charge >= 0.3 is 0 Å². The van der Waals surface area contributed by atoms with Crippen LogP contribution in [0.2, 0.25) is 0 Å². The molecule has 98 valence electrons. The van der Waals surface area contributed by atoms with Crippen molar-refractivity contribution in [2.24, 2.45) is 0 Å². The highest BCUT2D eigenvalue weighted by atomic mass is 16.5. The van der Waals surface area contributed by atoms with Gasteiger partial charge in [-0.2, -0.15) is 0 Å². The van der Waals surface area contributed by atoms with Crippen LogP contribution in [0.15, 0.2) is 18.2 Å². The molecule has 0 aliphatic carbocycles. The van der Waals surface area contributed by atoms with E-state index in [4.69, 9.17) is 4.74 Å². The Hall–Kier alpha value is -1.39. The second-order valence-corrected chi connectivity index (χ2v) is 4.85. The topological polar surface area (TPSA) is 42.8 Å². The third-order valence-electron chi connectivity index (χ3n) is 3.36. The Morgan fingerprint density at radius 2 is 1.89 bits per heavy atom. The predicted octanol–water partition coefficient (Wildman–Crippen LogP) is 0.157. The summed E-state index contributed by atoms with van der Waals surface area (Å²) in [7, 11) is 0. The number of hydrogen-bond acceptors (Lipinski definition) is 2. The van der Waals surface area contributed by atoms with Crippen LogP contribution in [0, 0.1) is 13.8 Å². The van der Waals surface area contributed by atoms with Gasteiger partial charge in [-0.1, -0.05) is 18.2 Å². The molecule has 1 aliphatic heterocycles. The van der Waals surface area contributed by atoms with Crippen molar-refractivity contribution in [1.29, 1.82) is 0 Å². The van der Waals surface area contributed by atoms with Crippen LogP contribution in [0.4, 0.5) is 5.69 Å². The van der Waals surface area contributed by atoms with Crippen molar-refractivity contribution in [2.45, 2.75) is 13.8 Å². The minimum atomic E-state index is 0.0873. The van der Waals surface area contributed by atoms with Crippen LogP contribution in [0.1, 0.15) is 11.1 Å². The first-order valence-corrected chi connectivity index (χ1v) is 6.44. The molecule has 1 amide bonds. The van der Waals surface area contributed by atoms with Crippen molar-refractivity contribution in [2.75, 3.05) is 38.2 Å². The first-order chi connectivity index (χ1) is 8.66. The van der Waals surface area contributed by atoms with E-state index in [0.717, 1.165) is 43.1 Å². The van der Waals surface area contributed by atoms with Gasteiger partial charge in [-0.3, -0.25) is 4.79 Å². The van der Waals surface area contributed by atoms with Gasteiger partial charge in [-0.25, -0.2) is 0 Å². The van der Waals surface area contributed by atoms with Crippen molar-refractivity contribution in [3.63, 3.8) is 0 Å². The lowest BCUT2D eigenvalue weighted by atomic mass is 10.1. The fourth-order valence-corrected chi connectivity index (χ4v) is 2.26. The van der Waals surface area contributed by atoms with E-state index < -0.39 is 0 Å². The van der Waals surface area contributed by atoms with Crippen LogP contribution in [0.3, 0.4) is 0 Å². The predicted molar refractivity (Wildman–Crippen MR) is 70.9 cm³/mol. The number of aryl methyl sites for hydroxylation is 2. The van der Waals surface area contributed by atoms with Crippen LogP contribution < -0.4 is 10.2 Å². The molecule has 1 heterocycles. The molecule has 0 aromatic heterocycles. The number of anilines is 1. The van der Waals surface area contributed by atoms with Gasteiger partial charge in [0.1, 0.15) is 13.1 Å². The third-order valence-corrected chi connectivity index (χ3v) is 3.36. The first kappa shape index (κ1) is 13.1. The molecule has 18 heavy (non-hydrogen) atoms. The van der Waals surface area contributed by atoms with Gasteiger partial charge in [-0.15, -0.1) is 0 Å². The quantitative estimate of drug-likeness (QED) is 0.801. The summed E-state index contributed by atoms with van der Waals surface area (Å²) in [5, 5.41) is 3.03. The van der Waals surface area contributed by atoms with Gasteiger partial charge in [-0.05, 0) is 25.0 Å². The number of hydrogen-bond donors (Lipinski definition) is 2. The molecule has 1 aromatic rings. The van der Waals surface area contributed by atoms with E-state index in [-0.39, 0.29) is 5.91 Å². The zero-order valence-corrected chi connectivity index (χ0v) is 11.1. The van der Waals surface area contributed by atoms with Crippen LogP contribution in [0.25, 0.3) is 0 Å². The summed E-state index contributed by atoms with van der Waals surface area (Å²) in [6.07, 6.45) is 0. The number of rotatable bonds is 3. The molecule has 0 saturated carbocycles. The first-order valence-electron chi connectivity index (χ1n) is 6.44. The van der Waals surface area contributed by atoms with Crippen LogP contribution in [0.5, 0.6) is 0 Å². The SMILES string of the molecule is Cc1cccc(C)c1NC(=O)C[NH+]1CCOCC1. The van der Waals surface area contributed by atoms with Gasteiger partial charge in [0.25, 0.3) is 5.91 Å². The fourth-order valence-electron chi connectivity index (χ4n) is 2.26. The number of quaternary nitrogens is 1. The third kappa shape index (κ3) is 3.31. The number of para-hydroxylation sites is 1. The standard InChI is InChI=1S/C14H20N2O2/c1-11-4-3-5-12(2)14(11)15-13(17)10-16-6-8-18-9-7-16/h3-5H,6-10H2,1-2H3,(H,15,17)/p+1. The lowest BCUT2D eigenvalue weighted by Crippen LogP contribution is -3.15. The van der Waals surface area contributed by atoms with E-state index >= 15 is 0 Å². The largest absolute Gasteiger partial charge is 0.370 e. The molecular weight excluding hydrogens is 228 g/mol.